The summed E-state index contributed by atoms with van der Waals surface area (Å²) in [5.41, 5.74) is 0. The first-order valence-corrected chi connectivity index (χ1v) is 4.40. The third kappa shape index (κ3) is 2.08. The van der Waals surface area contributed by atoms with E-state index in [1.54, 1.807) is 25.3 Å². The Balaban J connectivity index is 2.94. The zero-order valence-corrected chi connectivity index (χ0v) is 8.73. The van der Waals surface area contributed by atoms with Crippen molar-refractivity contribution < 1.29 is 14.7 Å². The van der Waals surface area contributed by atoms with Gasteiger partial charge < -0.3 is 14.7 Å². The van der Waals surface area contributed by atoms with Gasteiger partial charge in [-0.1, -0.05) is 11.6 Å². The van der Waals surface area contributed by atoms with Gasteiger partial charge in [-0.05, 0) is 18.2 Å². The van der Waals surface area contributed by atoms with Crippen molar-refractivity contribution in [3.05, 3.63) is 24.0 Å². The molecule has 0 saturated heterocycles. The average Bonchev–Trinajstić information content (AvgIpc) is 2.22. The smallest absolute Gasteiger partial charge is 0.171 e. The summed E-state index contributed by atoms with van der Waals surface area (Å²) in [6, 6.07) is 0. The third-order valence-electron chi connectivity index (χ3n) is 2.05. The van der Waals surface area contributed by atoms with Gasteiger partial charge in [0.25, 0.3) is 0 Å². The molecule has 0 bridgehead atoms. The van der Waals surface area contributed by atoms with Crippen molar-refractivity contribution in [2.75, 3.05) is 14.2 Å². The van der Waals surface area contributed by atoms with E-state index in [2.05, 4.69) is 5.16 Å². The first kappa shape index (κ1) is 11.1. The molecule has 0 aliphatic heterocycles. The maximum absolute atomic E-state index is 8.47. The third-order valence-corrected chi connectivity index (χ3v) is 2.58. The first-order chi connectivity index (χ1) is 6.66. The van der Waals surface area contributed by atoms with E-state index in [-0.39, 0.29) is 5.92 Å². The fraction of sp³-hybridized carbons (Fsp3) is 0.444. The van der Waals surface area contributed by atoms with Gasteiger partial charge in [-0.15, -0.1) is 5.16 Å². The maximum Gasteiger partial charge on any atom is 0.171 e. The minimum Gasteiger partial charge on any atom is -0.497 e. The molecule has 0 amide bonds. The Kier molecular flexibility index (Phi) is 3.55. The summed E-state index contributed by atoms with van der Waals surface area (Å²) in [7, 11) is 3.04. The highest BCUT2D eigenvalue weighted by atomic mass is 35.5. The summed E-state index contributed by atoms with van der Waals surface area (Å²) in [6.45, 7) is 0. The number of methoxy groups -OCH3 is 2. The molecular formula is C9H12ClNO3. The van der Waals surface area contributed by atoms with Crippen LogP contribution in [0.1, 0.15) is 0 Å². The molecule has 1 aliphatic rings. The summed E-state index contributed by atoms with van der Waals surface area (Å²) >= 11 is 6.12. The van der Waals surface area contributed by atoms with Crippen molar-refractivity contribution in [2.45, 2.75) is 5.06 Å². The Morgan fingerprint density at radius 1 is 1.64 bits per heavy atom. The molecular weight excluding hydrogens is 206 g/mol. The lowest BCUT2D eigenvalue weighted by Crippen LogP contribution is -2.34. The van der Waals surface area contributed by atoms with Gasteiger partial charge in [0.2, 0.25) is 0 Å². The lowest BCUT2D eigenvalue weighted by Gasteiger charge is -2.29. The zero-order valence-electron chi connectivity index (χ0n) is 7.98. The lowest BCUT2D eigenvalue weighted by atomic mass is 9.97. The molecule has 0 aromatic heterocycles. The quantitative estimate of drug-likeness (QED) is 0.339. The lowest BCUT2D eigenvalue weighted by molar-refractivity contribution is 0.0856. The number of hydrogen-bond donors (Lipinski definition) is 1. The molecule has 0 fully saturated rings. The number of alkyl halides is 1. The van der Waals surface area contributed by atoms with E-state index in [0.717, 1.165) is 0 Å². The second-order valence-corrected chi connectivity index (χ2v) is 3.39. The summed E-state index contributed by atoms with van der Waals surface area (Å²) < 4.78 is 10.1. The van der Waals surface area contributed by atoms with Crippen LogP contribution in [0.3, 0.4) is 0 Å². The van der Waals surface area contributed by atoms with E-state index in [4.69, 9.17) is 26.3 Å². The summed E-state index contributed by atoms with van der Waals surface area (Å²) in [5.74, 6) is 0.294. The molecule has 14 heavy (non-hydrogen) atoms. The molecule has 78 valence electrons. The zero-order chi connectivity index (χ0) is 10.6. The Bertz CT molecular complexity index is 288. The number of halogens is 1. The predicted molar refractivity (Wildman–Crippen MR) is 53.6 cm³/mol. The van der Waals surface area contributed by atoms with Crippen LogP contribution in [0.5, 0.6) is 0 Å². The highest BCUT2D eigenvalue weighted by Gasteiger charge is 2.35. The van der Waals surface area contributed by atoms with Gasteiger partial charge in [0.05, 0.1) is 19.2 Å². The maximum atomic E-state index is 8.47. The van der Waals surface area contributed by atoms with Gasteiger partial charge in [-0.2, -0.15) is 0 Å². The largest absolute Gasteiger partial charge is 0.497 e. The fourth-order valence-electron chi connectivity index (χ4n) is 1.21. The highest BCUT2D eigenvalue weighted by molar-refractivity contribution is 6.25. The van der Waals surface area contributed by atoms with Crippen molar-refractivity contribution >= 4 is 17.8 Å². The molecule has 0 heterocycles. The van der Waals surface area contributed by atoms with E-state index in [9.17, 15) is 0 Å². The Morgan fingerprint density at radius 2 is 2.36 bits per heavy atom. The SMILES string of the molecule is COC1=C[C@@H](/C=N\O)[C@@](Cl)(OC)C=C1. The number of oxime groups is 1. The molecule has 1 rings (SSSR count). The van der Waals surface area contributed by atoms with Crippen molar-refractivity contribution in [3.8, 4) is 0 Å². The normalized spacial score (nSPS) is 31.9. The first-order valence-electron chi connectivity index (χ1n) is 4.03. The van der Waals surface area contributed by atoms with Gasteiger partial charge in [0, 0.05) is 7.11 Å². The molecule has 0 spiro atoms. The summed E-state index contributed by atoms with van der Waals surface area (Å²) in [6.07, 6.45) is 6.37. The molecule has 2 atom stereocenters. The van der Waals surface area contributed by atoms with Gasteiger partial charge in [0.15, 0.2) is 5.06 Å². The minimum absolute atomic E-state index is 0.362. The second kappa shape index (κ2) is 4.48. The molecule has 0 unspecified atom stereocenters. The molecule has 1 aliphatic carbocycles. The number of hydrogen-bond acceptors (Lipinski definition) is 4. The second-order valence-electron chi connectivity index (χ2n) is 2.80. The molecule has 0 aromatic rings. The Hall–Kier alpha value is -1.00. The number of rotatable bonds is 3. The van der Waals surface area contributed by atoms with Crippen LogP contribution in [0, 0.1) is 5.92 Å². The minimum atomic E-state index is -1.01. The van der Waals surface area contributed by atoms with Crippen LogP contribution in [0.25, 0.3) is 0 Å². The molecule has 5 heteroatoms. The van der Waals surface area contributed by atoms with E-state index in [0.29, 0.717) is 5.76 Å². The highest BCUT2D eigenvalue weighted by Crippen LogP contribution is 2.33. The fourth-order valence-corrected chi connectivity index (χ4v) is 1.39. The topological polar surface area (TPSA) is 51.0 Å². The molecule has 4 nitrogen and oxygen atoms in total. The molecule has 0 aromatic carbocycles. The van der Waals surface area contributed by atoms with Crippen LogP contribution in [0.4, 0.5) is 0 Å². The van der Waals surface area contributed by atoms with E-state index >= 15 is 0 Å². The predicted octanol–water partition coefficient (Wildman–Crippen LogP) is 1.74. The van der Waals surface area contributed by atoms with Gasteiger partial charge in [0.1, 0.15) is 5.76 Å². The average molecular weight is 218 g/mol. The molecule has 0 radical (unpaired) electrons. The monoisotopic (exact) mass is 217 g/mol. The van der Waals surface area contributed by atoms with Crippen molar-refractivity contribution in [1.82, 2.24) is 0 Å². The Morgan fingerprint density at radius 3 is 2.86 bits per heavy atom. The Labute approximate surface area is 87.4 Å². The van der Waals surface area contributed by atoms with E-state index < -0.39 is 5.06 Å². The van der Waals surface area contributed by atoms with Crippen molar-refractivity contribution in [3.63, 3.8) is 0 Å². The van der Waals surface area contributed by atoms with Gasteiger partial charge in [-0.25, -0.2) is 0 Å². The number of nitrogens with zero attached hydrogens (tertiary/aromatic N) is 1. The van der Waals surface area contributed by atoms with Crippen molar-refractivity contribution in [2.24, 2.45) is 11.1 Å². The van der Waals surface area contributed by atoms with Crippen LogP contribution < -0.4 is 0 Å². The number of allylic oxidation sites excluding steroid dienone is 1. The van der Waals surface area contributed by atoms with E-state index in [1.165, 1.54) is 13.3 Å². The van der Waals surface area contributed by atoms with Gasteiger partial charge >= 0.3 is 0 Å². The summed E-state index contributed by atoms with van der Waals surface area (Å²) in [5, 5.41) is 10.4. The molecule has 1 N–H and O–H groups in total. The van der Waals surface area contributed by atoms with Crippen LogP contribution in [-0.2, 0) is 9.47 Å². The van der Waals surface area contributed by atoms with Crippen LogP contribution in [0.2, 0.25) is 0 Å². The summed E-state index contributed by atoms with van der Waals surface area (Å²) in [4.78, 5) is 0. The molecule has 0 saturated carbocycles. The van der Waals surface area contributed by atoms with Crippen molar-refractivity contribution in [1.29, 1.82) is 0 Å². The number of ether oxygens (including phenoxy) is 2. The van der Waals surface area contributed by atoms with Crippen LogP contribution >= 0.6 is 11.6 Å². The van der Waals surface area contributed by atoms with Crippen LogP contribution in [0.15, 0.2) is 29.1 Å². The van der Waals surface area contributed by atoms with Crippen LogP contribution in [-0.4, -0.2) is 30.7 Å². The van der Waals surface area contributed by atoms with E-state index in [1.807, 2.05) is 0 Å². The van der Waals surface area contributed by atoms with Gasteiger partial charge in [-0.3, -0.25) is 0 Å². The standard InChI is InChI=1S/C9H12ClNO3/c1-13-8-3-4-9(10,14-2)7(5-8)6-11-12/h3-7,12H,1-2H3/b11-6-/t7-,9-/m0/s1.